The molecule has 0 bridgehead atoms. The van der Waals surface area contributed by atoms with E-state index < -0.39 is 51.6 Å². The fourth-order valence-electron chi connectivity index (χ4n) is 8.97. The van der Waals surface area contributed by atoms with Gasteiger partial charge in [0.2, 0.25) is 0 Å². The average molecular weight is 546 g/mol. The van der Waals surface area contributed by atoms with Crippen LogP contribution in [0.4, 0.5) is 36.8 Å². The fraction of sp³-hybridized carbons (Fsp3) is 0.714. The van der Waals surface area contributed by atoms with Crippen LogP contribution in [0.25, 0.3) is 0 Å². The first kappa shape index (κ1) is 27.5. The Morgan fingerprint density at radius 3 is 2.32 bits per heavy atom. The van der Waals surface area contributed by atoms with Crippen LogP contribution in [0.1, 0.15) is 82.8 Å². The van der Waals surface area contributed by atoms with Crippen molar-refractivity contribution in [3.63, 3.8) is 0 Å². The number of nitrogens with zero attached hydrogens (tertiary/aromatic N) is 1. The molecule has 1 unspecified atom stereocenters. The van der Waals surface area contributed by atoms with Gasteiger partial charge in [0.1, 0.15) is 6.04 Å². The van der Waals surface area contributed by atoms with Gasteiger partial charge in [-0.15, -0.1) is 0 Å². The van der Waals surface area contributed by atoms with Crippen LogP contribution in [-0.4, -0.2) is 29.5 Å². The topological polar surface area (TPSA) is 46.2 Å². The van der Waals surface area contributed by atoms with Gasteiger partial charge >= 0.3 is 24.3 Å². The molecule has 1 saturated heterocycles. The zero-order valence-electron chi connectivity index (χ0n) is 21.9. The van der Waals surface area contributed by atoms with Crippen molar-refractivity contribution in [2.24, 2.45) is 28.6 Å². The number of quaternary nitrogens is 1. The molecule has 1 heterocycles. The summed E-state index contributed by atoms with van der Waals surface area (Å²) in [5.41, 5.74) is -3.71. The van der Waals surface area contributed by atoms with Gasteiger partial charge in [-0.1, -0.05) is 20.3 Å². The summed E-state index contributed by atoms with van der Waals surface area (Å²) in [6.45, 7) is 4.49. The Morgan fingerprint density at radius 1 is 0.947 bits per heavy atom. The molecule has 38 heavy (non-hydrogen) atoms. The fourth-order valence-corrected chi connectivity index (χ4v) is 8.97. The number of fused-ring (bicyclic) bond motifs is 5. The molecule has 7 atom stereocenters. The number of likely N-dealkylation sites (tertiary alicyclic amines) is 1. The van der Waals surface area contributed by atoms with Crippen LogP contribution in [0, 0.1) is 28.6 Å². The van der Waals surface area contributed by atoms with Crippen LogP contribution in [0.15, 0.2) is 18.2 Å². The molecule has 3 saturated carbocycles. The summed E-state index contributed by atoms with van der Waals surface area (Å²) >= 11 is 0. The average Bonchev–Trinajstić information content (AvgIpc) is 3.22. The van der Waals surface area contributed by atoms with Crippen molar-refractivity contribution in [3.8, 4) is 0 Å². The van der Waals surface area contributed by atoms with Crippen LogP contribution in [0.2, 0.25) is 0 Å². The molecule has 0 aromatic heterocycles. The van der Waals surface area contributed by atoms with Crippen LogP contribution < -0.4 is 5.32 Å². The van der Waals surface area contributed by atoms with Gasteiger partial charge in [0.05, 0.1) is 30.3 Å². The smallest absolute Gasteiger partial charge is 0.274 e. The van der Waals surface area contributed by atoms with Gasteiger partial charge < -0.3 is 0 Å². The van der Waals surface area contributed by atoms with E-state index in [9.17, 15) is 35.9 Å². The lowest BCUT2D eigenvalue weighted by Gasteiger charge is -2.61. The molecule has 1 aromatic carbocycles. The summed E-state index contributed by atoms with van der Waals surface area (Å²) in [4.78, 5) is 27.1. The van der Waals surface area contributed by atoms with E-state index >= 15 is 0 Å². The normalized spacial score (nSPS) is 39.2. The molecule has 5 rings (SSSR count). The number of nitrogens with one attached hydrogen (secondary N) is 1. The van der Waals surface area contributed by atoms with Crippen molar-refractivity contribution in [2.75, 3.05) is 12.4 Å². The van der Waals surface area contributed by atoms with E-state index in [1.807, 2.05) is 0 Å². The van der Waals surface area contributed by atoms with Crippen LogP contribution in [0.3, 0.4) is 0 Å². The Bertz CT molecular complexity index is 1150. The molecule has 1 aliphatic heterocycles. The summed E-state index contributed by atoms with van der Waals surface area (Å²) < 4.78 is 80.3. The number of urea groups is 1. The number of amides is 3. The summed E-state index contributed by atoms with van der Waals surface area (Å²) in [7, 11) is 1.43. The zero-order valence-corrected chi connectivity index (χ0v) is 21.9. The van der Waals surface area contributed by atoms with E-state index in [0.29, 0.717) is 54.2 Å². The van der Waals surface area contributed by atoms with Crippen LogP contribution in [-0.2, 0) is 17.1 Å². The maximum atomic E-state index is 13.7. The Balaban J connectivity index is 1.49. The predicted molar refractivity (Wildman–Crippen MR) is 129 cm³/mol. The molecule has 1 aromatic rings. The highest BCUT2D eigenvalue weighted by Crippen LogP contribution is 2.65. The molecule has 10 heteroatoms. The highest BCUT2D eigenvalue weighted by Gasteiger charge is 2.66. The summed E-state index contributed by atoms with van der Waals surface area (Å²) in [5.74, 6) is 0.978. The van der Waals surface area contributed by atoms with Gasteiger partial charge in [-0.05, 0) is 79.9 Å². The van der Waals surface area contributed by atoms with Crippen molar-refractivity contribution in [2.45, 2.75) is 90.0 Å². The number of imide groups is 1. The second-order valence-corrected chi connectivity index (χ2v) is 12.7. The lowest BCUT2D eigenvalue weighted by molar-refractivity contribution is -0.798. The summed E-state index contributed by atoms with van der Waals surface area (Å²) in [6, 6.07) is -0.475. The van der Waals surface area contributed by atoms with E-state index in [2.05, 4.69) is 19.2 Å². The number of carbonyl (C=O) groups excluding carboxylic acids is 2. The number of hydrogen-bond donors (Lipinski definition) is 1. The predicted octanol–water partition coefficient (Wildman–Crippen LogP) is 8.02. The maximum Gasteiger partial charge on any atom is 0.428 e. The van der Waals surface area contributed by atoms with Gasteiger partial charge in [0.15, 0.2) is 0 Å². The molecule has 210 valence electrons. The van der Waals surface area contributed by atoms with Crippen molar-refractivity contribution >= 4 is 17.6 Å². The first-order chi connectivity index (χ1) is 17.5. The van der Waals surface area contributed by atoms with Crippen molar-refractivity contribution in [1.29, 1.82) is 0 Å². The minimum atomic E-state index is -4.99. The number of benzene rings is 1. The second kappa shape index (κ2) is 8.70. The second-order valence-electron chi connectivity index (χ2n) is 12.7. The number of hydrogen-bond acceptors (Lipinski definition) is 2. The minimum absolute atomic E-state index is 0.108. The van der Waals surface area contributed by atoms with E-state index in [1.165, 1.54) is 26.3 Å². The monoisotopic (exact) mass is 545 g/mol. The van der Waals surface area contributed by atoms with Gasteiger partial charge in [-0.25, -0.2) is 9.59 Å². The molecule has 0 spiro atoms. The Hall–Kier alpha value is -2.10. The van der Waals surface area contributed by atoms with Crippen molar-refractivity contribution in [3.05, 3.63) is 29.3 Å². The third-order valence-corrected chi connectivity index (χ3v) is 10.9. The van der Waals surface area contributed by atoms with E-state index in [-0.39, 0.29) is 11.8 Å². The maximum absolute atomic E-state index is 13.7. The molecule has 4 fully saturated rings. The first-order valence-corrected chi connectivity index (χ1v) is 13.5. The molecule has 3 aliphatic carbocycles. The zero-order chi connectivity index (χ0) is 27.9. The Labute approximate surface area is 218 Å². The number of alkyl halides is 6. The number of rotatable bonds is 1. The highest BCUT2D eigenvalue weighted by atomic mass is 19.4. The minimum Gasteiger partial charge on any atom is -0.274 e. The highest BCUT2D eigenvalue weighted by molar-refractivity contribution is 5.93. The number of carbonyl (C=O) groups is 2. The SMILES string of the molecule is C[C@@]12CCC[C@H]1[C@@H]1CC[C@@H]3[C@](C)(CCC(=O)[N+]3(C)C(=O)Nc3cc(C(F)(F)F)ccc3C(F)(F)F)[C@H]1CC2. The lowest BCUT2D eigenvalue weighted by Crippen LogP contribution is -2.72. The number of piperidine rings is 1. The molecular formula is C28H35F6N2O2+. The molecule has 3 amide bonds. The van der Waals surface area contributed by atoms with E-state index in [4.69, 9.17) is 0 Å². The molecule has 4 nitrogen and oxygen atoms in total. The van der Waals surface area contributed by atoms with E-state index in [1.54, 1.807) is 0 Å². The third-order valence-electron chi connectivity index (χ3n) is 10.9. The van der Waals surface area contributed by atoms with E-state index in [0.717, 1.165) is 19.3 Å². The molecular weight excluding hydrogens is 510 g/mol. The van der Waals surface area contributed by atoms with Crippen LogP contribution >= 0.6 is 0 Å². The largest absolute Gasteiger partial charge is 0.428 e. The van der Waals surface area contributed by atoms with Crippen LogP contribution in [0.5, 0.6) is 0 Å². The van der Waals surface area contributed by atoms with Gasteiger partial charge in [0.25, 0.3) is 0 Å². The Kier molecular flexibility index (Phi) is 6.29. The Morgan fingerprint density at radius 2 is 1.66 bits per heavy atom. The molecule has 0 radical (unpaired) electrons. The third kappa shape index (κ3) is 4.07. The molecule has 1 N–H and O–H groups in total. The summed E-state index contributed by atoms with van der Waals surface area (Å²) in [6.07, 6.45) is -2.06. The van der Waals surface area contributed by atoms with Crippen molar-refractivity contribution < 1.29 is 40.4 Å². The first-order valence-electron chi connectivity index (χ1n) is 13.5. The lowest BCUT2D eigenvalue weighted by atomic mass is 9.47. The quantitative estimate of drug-likeness (QED) is 0.287. The van der Waals surface area contributed by atoms with Gasteiger partial charge in [-0.3, -0.25) is 5.32 Å². The standard InChI is InChI=1S/C28H34F6N2O2/c1-25-12-4-5-18(25)17-7-9-22-26(2,19(17)10-13-25)14-11-23(37)36(22,3)24(38)35-21-15-16(27(29,30)31)6-8-20(21)28(32,33)34/h6,8,15,17-19,22H,4-5,7,9-14H2,1-3H3/p+1/t17-,18-,19-,22+,25-,26+,36?/m0/s1. The van der Waals surface area contributed by atoms with Gasteiger partial charge in [-0.2, -0.15) is 30.8 Å². The number of halogens is 6. The number of anilines is 1. The van der Waals surface area contributed by atoms with Crippen molar-refractivity contribution in [1.82, 2.24) is 0 Å². The van der Waals surface area contributed by atoms with Gasteiger partial charge in [0, 0.05) is 11.8 Å². The molecule has 4 aliphatic rings. The summed E-state index contributed by atoms with van der Waals surface area (Å²) in [5, 5.41) is 2.13.